The number of carbonyl (C=O) groups is 1. The molecule has 1 saturated heterocycles. The largest absolute Gasteiger partial charge is 0.399 e. The van der Waals surface area contributed by atoms with Crippen LogP contribution in [0.5, 0.6) is 0 Å². The molecule has 3 N–H and O–H groups in total. The van der Waals surface area contributed by atoms with Crippen molar-refractivity contribution < 1.29 is 9.53 Å². The van der Waals surface area contributed by atoms with Crippen LogP contribution in [0.1, 0.15) is 26.7 Å². The van der Waals surface area contributed by atoms with Gasteiger partial charge in [0.1, 0.15) is 0 Å². The van der Waals surface area contributed by atoms with Crippen LogP contribution in [0.25, 0.3) is 0 Å². The number of nitrogens with zero attached hydrogens (tertiary/aromatic N) is 1. The third-order valence-corrected chi connectivity index (χ3v) is 3.76. The van der Waals surface area contributed by atoms with Crippen molar-refractivity contribution in [3.05, 3.63) is 24.3 Å². The number of carbonyl (C=O) groups excluding carboxylic acids is 1. The third-order valence-electron chi connectivity index (χ3n) is 3.76. The van der Waals surface area contributed by atoms with E-state index in [0.717, 1.165) is 31.8 Å². The van der Waals surface area contributed by atoms with Crippen LogP contribution in [0, 0.1) is 0 Å². The van der Waals surface area contributed by atoms with E-state index < -0.39 is 0 Å². The van der Waals surface area contributed by atoms with Crippen LogP contribution in [0.15, 0.2) is 24.3 Å². The minimum atomic E-state index is 0.0366. The summed E-state index contributed by atoms with van der Waals surface area (Å²) >= 11 is 0. The molecular formula is C16H25N3O2. The molecule has 116 valence electrons. The number of rotatable bonds is 5. The molecule has 5 nitrogen and oxygen atoms in total. The van der Waals surface area contributed by atoms with Crippen molar-refractivity contribution in [2.45, 2.75) is 38.8 Å². The zero-order valence-corrected chi connectivity index (χ0v) is 12.8. The lowest BCUT2D eigenvalue weighted by Crippen LogP contribution is -2.47. The van der Waals surface area contributed by atoms with Gasteiger partial charge in [-0.25, -0.2) is 0 Å². The summed E-state index contributed by atoms with van der Waals surface area (Å²) in [7, 11) is 0. The normalized spacial score (nSPS) is 23.0. The lowest BCUT2D eigenvalue weighted by molar-refractivity contribution is -0.116. The molecule has 0 saturated carbocycles. The fourth-order valence-electron chi connectivity index (χ4n) is 2.57. The lowest BCUT2D eigenvalue weighted by Gasteiger charge is -2.36. The van der Waals surface area contributed by atoms with Crippen LogP contribution < -0.4 is 11.1 Å². The van der Waals surface area contributed by atoms with E-state index in [2.05, 4.69) is 24.1 Å². The highest BCUT2D eigenvalue weighted by Gasteiger charge is 2.22. The molecule has 0 bridgehead atoms. The second-order valence-corrected chi connectivity index (χ2v) is 5.77. The van der Waals surface area contributed by atoms with Gasteiger partial charge in [0.05, 0.1) is 12.7 Å². The van der Waals surface area contributed by atoms with E-state index in [1.807, 2.05) is 12.1 Å². The minimum Gasteiger partial charge on any atom is -0.399 e. The molecule has 1 amide bonds. The monoisotopic (exact) mass is 291 g/mol. The summed E-state index contributed by atoms with van der Waals surface area (Å²) in [4.78, 5) is 14.3. The Morgan fingerprint density at radius 2 is 2.29 bits per heavy atom. The maximum absolute atomic E-state index is 11.9. The Balaban J connectivity index is 1.71. The summed E-state index contributed by atoms with van der Waals surface area (Å²) in [5, 5.41) is 2.88. The molecule has 2 rings (SSSR count). The number of hydrogen-bond acceptors (Lipinski definition) is 4. The molecule has 21 heavy (non-hydrogen) atoms. The van der Waals surface area contributed by atoms with Crippen molar-refractivity contribution in [3.63, 3.8) is 0 Å². The maximum Gasteiger partial charge on any atom is 0.224 e. The molecule has 0 aliphatic carbocycles. The van der Waals surface area contributed by atoms with Crippen LogP contribution in [0.2, 0.25) is 0 Å². The van der Waals surface area contributed by atoms with Gasteiger partial charge in [0.15, 0.2) is 0 Å². The maximum atomic E-state index is 11.9. The second-order valence-electron chi connectivity index (χ2n) is 5.77. The van der Waals surface area contributed by atoms with E-state index in [1.165, 1.54) is 0 Å². The van der Waals surface area contributed by atoms with Gasteiger partial charge in [-0.05, 0) is 45.0 Å². The SMILES string of the molecule is CC1CN(CCCC(=O)Nc2cccc(N)c2)C(C)CO1. The van der Waals surface area contributed by atoms with Gasteiger partial charge >= 0.3 is 0 Å². The van der Waals surface area contributed by atoms with Crippen molar-refractivity contribution in [3.8, 4) is 0 Å². The van der Waals surface area contributed by atoms with Gasteiger partial charge in [-0.3, -0.25) is 9.69 Å². The molecule has 0 radical (unpaired) electrons. The Morgan fingerprint density at radius 1 is 1.48 bits per heavy atom. The van der Waals surface area contributed by atoms with Crippen LogP contribution in [0.3, 0.4) is 0 Å². The number of amides is 1. The first-order chi connectivity index (χ1) is 10.0. The topological polar surface area (TPSA) is 67.6 Å². The summed E-state index contributed by atoms with van der Waals surface area (Å²) < 4.78 is 5.61. The van der Waals surface area contributed by atoms with Crippen molar-refractivity contribution in [1.29, 1.82) is 0 Å². The number of morpholine rings is 1. The van der Waals surface area contributed by atoms with E-state index in [4.69, 9.17) is 10.5 Å². The Labute approximate surface area is 126 Å². The van der Waals surface area contributed by atoms with Crippen LogP contribution in [-0.4, -0.2) is 42.6 Å². The van der Waals surface area contributed by atoms with Crippen molar-refractivity contribution in [1.82, 2.24) is 4.90 Å². The number of nitrogen functional groups attached to an aromatic ring is 1. The number of hydrogen-bond donors (Lipinski definition) is 2. The molecule has 1 heterocycles. The van der Waals surface area contributed by atoms with E-state index in [1.54, 1.807) is 12.1 Å². The number of benzene rings is 1. The van der Waals surface area contributed by atoms with Crippen LogP contribution >= 0.6 is 0 Å². The average Bonchev–Trinajstić information content (AvgIpc) is 2.42. The van der Waals surface area contributed by atoms with Gasteiger partial charge in [0.2, 0.25) is 5.91 Å². The smallest absolute Gasteiger partial charge is 0.224 e. The molecular weight excluding hydrogens is 266 g/mol. The number of nitrogens with one attached hydrogen (secondary N) is 1. The summed E-state index contributed by atoms with van der Waals surface area (Å²) in [6.07, 6.45) is 1.65. The minimum absolute atomic E-state index is 0.0366. The van der Waals surface area contributed by atoms with Gasteiger partial charge in [-0.2, -0.15) is 0 Å². The Bertz CT molecular complexity index is 478. The van der Waals surface area contributed by atoms with Crippen LogP contribution in [-0.2, 0) is 9.53 Å². The standard InChI is InChI=1S/C16H25N3O2/c1-12-11-21-13(2)10-19(12)8-4-7-16(20)18-15-6-3-5-14(17)9-15/h3,5-6,9,12-13H,4,7-8,10-11,17H2,1-2H3,(H,18,20). The summed E-state index contributed by atoms with van der Waals surface area (Å²) in [6, 6.07) is 7.68. The van der Waals surface area contributed by atoms with Crippen molar-refractivity contribution in [2.24, 2.45) is 0 Å². The summed E-state index contributed by atoms with van der Waals surface area (Å²) in [5.74, 6) is 0.0366. The number of nitrogens with two attached hydrogens (primary N) is 1. The van der Waals surface area contributed by atoms with Crippen molar-refractivity contribution >= 4 is 17.3 Å². The quantitative estimate of drug-likeness (QED) is 0.815. The molecule has 1 aliphatic rings. The van der Waals surface area contributed by atoms with E-state index in [-0.39, 0.29) is 12.0 Å². The van der Waals surface area contributed by atoms with E-state index in [0.29, 0.717) is 18.2 Å². The highest BCUT2D eigenvalue weighted by atomic mass is 16.5. The predicted octanol–water partition coefficient (Wildman–Crippen LogP) is 2.10. The van der Waals surface area contributed by atoms with Gasteiger partial charge < -0.3 is 15.8 Å². The second kappa shape index (κ2) is 7.43. The molecule has 1 aromatic rings. The van der Waals surface area contributed by atoms with E-state index in [9.17, 15) is 4.79 Å². The molecule has 1 aliphatic heterocycles. The van der Waals surface area contributed by atoms with Crippen molar-refractivity contribution in [2.75, 3.05) is 30.7 Å². The van der Waals surface area contributed by atoms with Gasteiger partial charge in [0, 0.05) is 30.4 Å². The molecule has 2 unspecified atom stereocenters. The molecule has 1 aromatic carbocycles. The predicted molar refractivity (Wildman–Crippen MR) is 85.2 cm³/mol. The molecule has 0 aromatic heterocycles. The lowest BCUT2D eigenvalue weighted by atomic mass is 10.1. The molecule has 1 fully saturated rings. The summed E-state index contributed by atoms with van der Waals surface area (Å²) in [6.45, 7) is 6.90. The zero-order chi connectivity index (χ0) is 15.2. The van der Waals surface area contributed by atoms with Gasteiger partial charge in [-0.15, -0.1) is 0 Å². The third kappa shape index (κ3) is 5.02. The number of anilines is 2. The Hall–Kier alpha value is -1.59. The fourth-order valence-corrected chi connectivity index (χ4v) is 2.57. The summed E-state index contributed by atoms with van der Waals surface area (Å²) in [5.41, 5.74) is 7.10. The van der Waals surface area contributed by atoms with Gasteiger partial charge in [-0.1, -0.05) is 6.07 Å². The Morgan fingerprint density at radius 3 is 3.05 bits per heavy atom. The first kappa shape index (κ1) is 15.8. The first-order valence-electron chi connectivity index (χ1n) is 7.55. The fraction of sp³-hybridized carbons (Fsp3) is 0.562. The first-order valence-corrected chi connectivity index (χ1v) is 7.55. The van der Waals surface area contributed by atoms with E-state index >= 15 is 0 Å². The highest BCUT2D eigenvalue weighted by molar-refractivity contribution is 5.91. The zero-order valence-electron chi connectivity index (χ0n) is 12.8. The molecule has 5 heteroatoms. The average molecular weight is 291 g/mol. The highest BCUT2D eigenvalue weighted by Crippen LogP contribution is 2.14. The molecule has 2 atom stereocenters. The Kier molecular flexibility index (Phi) is 5.59. The van der Waals surface area contributed by atoms with Crippen LogP contribution in [0.4, 0.5) is 11.4 Å². The number of ether oxygens (including phenoxy) is 1. The van der Waals surface area contributed by atoms with Gasteiger partial charge in [0.25, 0.3) is 0 Å². The molecule has 0 spiro atoms.